The highest BCUT2D eigenvalue weighted by Gasteiger charge is 1.93. The van der Waals surface area contributed by atoms with Crippen LogP contribution in [0.3, 0.4) is 0 Å². The summed E-state index contributed by atoms with van der Waals surface area (Å²) in [6, 6.07) is 0. The number of aliphatic carboxylic acids is 1. The van der Waals surface area contributed by atoms with E-state index < -0.39 is 5.97 Å². The molecule has 0 aliphatic heterocycles. The Labute approximate surface area is 74.9 Å². The lowest BCUT2D eigenvalue weighted by atomic mass is 10.3. The number of carbonyl (C=O) groups excluding carboxylic acids is 2. The van der Waals surface area contributed by atoms with Crippen molar-refractivity contribution in [2.75, 3.05) is 0 Å². The van der Waals surface area contributed by atoms with Gasteiger partial charge in [0.2, 0.25) is 12.2 Å². The summed E-state index contributed by atoms with van der Waals surface area (Å²) in [6.07, 6.45) is 3.06. The third-order valence-corrected chi connectivity index (χ3v) is 0.770. The van der Waals surface area contributed by atoms with Crippen LogP contribution in [0, 0.1) is 10.8 Å². The molecule has 6 nitrogen and oxygen atoms in total. The Morgan fingerprint density at radius 3 is 1.54 bits per heavy atom. The molecule has 0 bridgehead atoms. The van der Waals surface area contributed by atoms with Crippen LogP contribution in [0.25, 0.3) is 0 Å². The van der Waals surface area contributed by atoms with Crippen molar-refractivity contribution in [3.05, 3.63) is 11.6 Å². The molecule has 0 rings (SSSR count). The number of allylic oxidation sites excluding steroid dienone is 1. The molecule has 0 aromatic heterocycles. The highest BCUT2D eigenvalue weighted by Crippen LogP contribution is 1.87. The molecule has 13 heavy (non-hydrogen) atoms. The first-order valence-electron chi connectivity index (χ1n) is 2.95. The van der Waals surface area contributed by atoms with Crippen molar-refractivity contribution in [2.24, 2.45) is 0 Å². The van der Waals surface area contributed by atoms with E-state index in [1.165, 1.54) is 0 Å². The number of rotatable bonds is 1. The van der Waals surface area contributed by atoms with Crippen molar-refractivity contribution in [1.82, 2.24) is 0 Å². The minimum Gasteiger partial charge on any atom is -0.478 e. The van der Waals surface area contributed by atoms with Gasteiger partial charge in [-0.2, -0.15) is 0 Å². The lowest BCUT2D eigenvalue weighted by Crippen LogP contribution is -1.93. The smallest absolute Gasteiger partial charge is 0.330 e. The summed E-state index contributed by atoms with van der Waals surface area (Å²) in [4.78, 5) is 26.6. The molecule has 0 heterocycles. The molecule has 0 aromatic carbocycles. The summed E-state index contributed by atoms with van der Waals surface area (Å²) in [5, 5.41) is 18.9. The van der Waals surface area contributed by atoms with Crippen molar-refractivity contribution in [1.29, 1.82) is 10.8 Å². The average molecular weight is 186 g/mol. The van der Waals surface area contributed by atoms with Gasteiger partial charge < -0.3 is 5.11 Å². The van der Waals surface area contributed by atoms with Crippen LogP contribution in [-0.4, -0.2) is 23.2 Å². The van der Waals surface area contributed by atoms with E-state index in [-0.39, 0.29) is 0 Å². The molecule has 0 saturated heterocycles. The Hall–Kier alpha value is -2.03. The van der Waals surface area contributed by atoms with Crippen molar-refractivity contribution in [2.45, 2.75) is 13.8 Å². The topological polar surface area (TPSA) is 119 Å². The van der Waals surface area contributed by atoms with E-state index in [1.807, 2.05) is 0 Å². The fraction of sp³-hybridized carbons (Fsp3) is 0.286. The predicted molar refractivity (Wildman–Crippen MR) is 43.9 cm³/mol. The molecule has 6 heteroatoms. The number of nitrogens with one attached hydrogen (secondary N) is 2. The Kier molecular flexibility index (Phi) is 21.8. The second-order valence-corrected chi connectivity index (χ2v) is 1.48. The minimum absolute atomic E-state index is 0.389. The fourth-order valence-corrected chi connectivity index (χ4v) is 0.123. The molecule has 0 spiro atoms. The lowest BCUT2D eigenvalue weighted by molar-refractivity contribution is -0.132. The number of carboxylic acid groups (broad SMARTS) is 1. The molecule has 0 fully saturated rings. The van der Waals surface area contributed by atoms with Gasteiger partial charge in [-0.15, -0.1) is 0 Å². The van der Waals surface area contributed by atoms with Gasteiger partial charge in [-0.25, -0.2) is 25.2 Å². The molecule has 0 aliphatic rings. The standard InChI is InChI=1S/C5H8O2.2CHNO/c1-3-4(2)5(6)7;2*2-1-3/h3H,1-2H3,(H,6,7);2*2H. The second kappa shape index (κ2) is 16.5. The normalized spacial score (nSPS) is 7.38. The van der Waals surface area contributed by atoms with E-state index in [4.69, 9.17) is 25.5 Å². The van der Waals surface area contributed by atoms with Crippen LogP contribution < -0.4 is 0 Å². The van der Waals surface area contributed by atoms with Crippen LogP contribution in [0.5, 0.6) is 0 Å². The van der Waals surface area contributed by atoms with Gasteiger partial charge in [-0.05, 0) is 13.8 Å². The molecular formula is C7H10N2O4. The Bertz CT molecular complexity index is 221. The molecule has 0 radical (unpaired) electrons. The first-order valence-corrected chi connectivity index (χ1v) is 2.95. The van der Waals surface area contributed by atoms with Gasteiger partial charge in [0.1, 0.15) is 0 Å². The van der Waals surface area contributed by atoms with Gasteiger partial charge in [0.05, 0.1) is 0 Å². The Balaban J connectivity index is -0.000000140. The summed E-state index contributed by atoms with van der Waals surface area (Å²) < 4.78 is 0. The van der Waals surface area contributed by atoms with Crippen LogP contribution in [-0.2, 0) is 14.4 Å². The number of isocyanates is 2. The van der Waals surface area contributed by atoms with E-state index in [0.29, 0.717) is 5.57 Å². The SMILES string of the molecule is CC=C(C)C(=O)O.N=C=O.N=C=O. The van der Waals surface area contributed by atoms with E-state index in [0.717, 1.165) is 12.2 Å². The second-order valence-electron chi connectivity index (χ2n) is 1.48. The molecular weight excluding hydrogens is 176 g/mol. The summed E-state index contributed by atoms with van der Waals surface area (Å²) >= 11 is 0. The van der Waals surface area contributed by atoms with Gasteiger partial charge >= 0.3 is 5.97 Å². The van der Waals surface area contributed by atoms with Gasteiger partial charge in [0, 0.05) is 5.57 Å². The summed E-state index contributed by atoms with van der Waals surface area (Å²) in [5.41, 5.74) is 0.389. The van der Waals surface area contributed by atoms with Crippen molar-refractivity contribution < 1.29 is 19.5 Å². The highest BCUT2D eigenvalue weighted by molar-refractivity contribution is 5.85. The lowest BCUT2D eigenvalue weighted by Gasteiger charge is -1.84. The summed E-state index contributed by atoms with van der Waals surface area (Å²) in [7, 11) is 0. The molecule has 72 valence electrons. The van der Waals surface area contributed by atoms with Crippen molar-refractivity contribution in [3.63, 3.8) is 0 Å². The van der Waals surface area contributed by atoms with Crippen LogP contribution in [0.4, 0.5) is 0 Å². The van der Waals surface area contributed by atoms with Crippen molar-refractivity contribution >= 4 is 18.1 Å². The zero-order chi connectivity index (χ0) is 11.3. The molecule has 0 aliphatic carbocycles. The third-order valence-electron chi connectivity index (χ3n) is 0.770. The molecule has 3 N–H and O–H groups in total. The molecule has 0 saturated carbocycles. The third kappa shape index (κ3) is 40.2. The quantitative estimate of drug-likeness (QED) is 0.319. The molecule has 0 unspecified atom stereocenters. The van der Waals surface area contributed by atoms with Gasteiger partial charge in [-0.1, -0.05) is 6.08 Å². The number of carbonyl (C=O) groups is 1. The van der Waals surface area contributed by atoms with E-state index in [1.54, 1.807) is 19.9 Å². The Morgan fingerprint density at radius 2 is 1.54 bits per heavy atom. The fourth-order valence-electron chi connectivity index (χ4n) is 0.123. The molecule has 0 atom stereocenters. The maximum atomic E-state index is 9.86. The maximum Gasteiger partial charge on any atom is 0.330 e. The van der Waals surface area contributed by atoms with Crippen LogP contribution >= 0.6 is 0 Å². The number of hydrogen-bond acceptors (Lipinski definition) is 5. The van der Waals surface area contributed by atoms with Gasteiger partial charge in [0.15, 0.2) is 0 Å². The molecule has 0 aromatic rings. The first-order chi connectivity index (χ1) is 6.01. The zero-order valence-electron chi connectivity index (χ0n) is 7.25. The van der Waals surface area contributed by atoms with E-state index in [9.17, 15) is 4.79 Å². The predicted octanol–water partition coefficient (Wildman–Crippen LogP) is 0.839. The van der Waals surface area contributed by atoms with E-state index in [2.05, 4.69) is 0 Å². The number of carboxylic acids is 1. The minimum atomic E-state index is -0.845. The Morgan fingerprint density at radius 1 is 1.31 bits per heavy atom. The maximum absolute atomic E-state index is 9.86. The van der Waals surface area contributed by atoms with E-state index >= 15 is 0 Å². The molecule has 0 amide bonds. The summed E-state index contributed by atoms with van der Waals surface area (Å²) in [6.45, 7) is 3.26. The first kappa shape index (κ1) is 17.2. The van der Waals surface area contributed by atoms with Crippen molar-refractivity contribution in [3.8, 4) is 0 Å². The summed E-state index contributed by atoms with van der Waals surface area (Å²) in [5.74, 6) is -0.845. The van der Waals surface area contributed by atoms with Gasteiger partial charge in [-0.3, -0.25) is 0 Å². The monoisotopic (exact) mass is 186 g/mol. The van der Waals surface area contributed by atoms with Crippen LogP contribution in [0.1, 0.15) is 13.8 Å². The highest BCUT2D eigenvalue weighted by atomic mass is 16.4. The van der Waals surface area contributed by atoms with Gasteiger partial charge in [0.25, 0.3) is 0 Å². The zero-order valence-corrected chi connectivity index (χ0v) is 7.25. The average Bonchev–Trinajstić information content (AvgIpc) is 2.05. The van der Waals surface area contributed by atoms with Crippen LogP contribution in [0.15, 0.2) is 11.6 Å². The number of hydrogen-bond donors (Lipinski definition) is 3. The largest absolute Gasteiger partial charge is 0.478 e. The van der Waals surface area contributed by atoms with Crippen LogP contribution in [0.2, 0.25) is 0 Å².